The Labute approximate surface area is 215 Å². The number of ether oxygens (including phenoxy) is 5. The monoisotopic (exact) mass is 543 g/mol. The SMILES string of the molecule is CSCCCCCOCCO[C@H]1OC(CO)[C@H](O)[C@H](O[C@@H]2OC(CO)[C@H](O)[C@H](O)C2O)C1NC(C)=O. The summed E-state index contributed by atoms with van der Waals surface area (Å²) in [6.07, 6.45) is -7.79. The molecule has 1 amide bonds. The number of carbonyl (C=O) groups excluding carboxylic acids is 1. The lowest BCUT2D eigenvalue weighted by Crippen LogP contribution is -2.68. The van der Waals surface area contributed by atoms with Crippen LogP contribution in [0.25, 0.3) is 0 Å². The fourth-order valence-electron chi connectivity index (χ4n) is 4.05. The largest absolute Gasteiger partial charge is 0.394 e. The molecule has 2 saturated heterocycles. The highest BCUT2D eigenvalue weighted by molar-refractivity contribution is 7.98. The van der Waals surface area contributed by atoms with E-state index in [0.29, 0.717) is 6.61 Å². The minimum absolute atomic E-state index is 0.0899. The first-order chi connectivity index (χ1) is 17.2. The van der Waals surface area contributed by atoms with E-state index in [4.69, 9.17) is 23.7 Å². The predicted molar refractivity (Wildman–Crippen MR) is 127 cm³/mol. The average molecular weight is 544 g/mol. The predicted octanol–water partition coefficient (Wildman–Crippen LogP) is -2.68. The standard InChI is InChI=1S/C22H41NO12S/c1-12(26)23-15-20(35-22-19(30)18(29)16(27)13(10-24)34-22)17(28)14(11-25)33-21(15)32-8-7-31-6-4-3-5-9-36-2/h13-22,24-25,27-30H,3-11H2,1-2H3,(H,23,26)/t13?,14?,15?,16-,17-,18-,19?,20+,21-,22-/m0/s1. The highest BCUT2D eigenvalue weighted by atomic mass is 32.2. The lowest BCUT2D eigenvalue weighted by Gasteiger charge is -2.47. The van der Waals surface area contributed by atoms with Crippen LogP contribution < -0.4 is 5.32 Å². The molecule has 2 aliphatic heterocycles. The maximum atomic E-state index is 11.9. The van der Waals surface area contributed by atoms with Crippen molar-refractivity contribution in [1.29, 1.82) is 0 Å². The Bertz CT molecular complexity index is 632. The van der Waals surface area contributed by atoms with Crippen LogP contribution in [0.4, 0.5) is 0 Å². The molecule has 13 nitrogen and oxygen atoms in total. The quantitative estimate of drug-likeness (QED) is 0.106. The molecular formula is C22H41NO12S. The maximum absolute atomic E-state index is 11.9. The molecule has 0 aliphatic carbocycles. The van der Waals surface area contributed by atoms with E-state index >= 15 is 0 Å². The second kappa shape index (κ2) is 16.4. The van der Waals surface area contributed by atoms with Gasteiger partial charge in [-0.2, -0.15) is 11.8 Å². The van der Waals surface area contributed by atoms with Crippen molar-refractivity contribution in [3.05, 3.63) is 0 Å². The topological polar surface area (TPSA) is 197 Å². The summed E-state index contributed by atoms with van der Waals surface area (Å²) in [7, 11) is 0. The number of nitrogens with one attached hydrogen (secondary N) is 1. The first-order valence-corrected chi connectivity index (χ1v) is 13.5. The first kappa shape index (κ1) is 31.6. The van der Waals surface area contributed by atoms with Crippen LogP contribution in [0.15, 0.2) is 0 Å². The van der Waals surface area contributed by atoms with Gasteiger partial charge in [-0.15, -0.1) is 0 Å². The molecule has 10 atom stereocenters. The third-order valence-electron chi connectivity index (χ3n) is 6.01. The summed E-state index contributed by atoms with van der Waals surface area (Å²) in [5.41, 5.74) is 0. The van der Waals surface area contributed by atoms with Crippen LogP contribution in [0.2, 0.25) is 0 Å². The molecule has 0 aromatic rings. The highest BCUT2D eigenvalue weighted by Crippen LogP contribution is 2.29. The van der Waals surface area contributed by atoms with Crippen molar-refractivity contribution in [3.63, 3.8) is 0 Å². The van der Waals surface area contributed by atoms with Gasteiger partial charge in [-0.1, -0.05) is 6.42 Å². The van der Waals surface area contributed by atoms with Crippen LogP contribution in [0.1, 0.15) is 26.2 Å². The molecular weight excluding hydrogens is 502 g/mol. The van der Waals surface area contributed by atoms with Gasteiger partial charge in [0.1, 0.15) is 48.8 Å². The van der Waals surface area contributed by atoms with Crippen molar-refractivity contribution in [3.8, 4) is 0 Å². The van der Waals surface area contributed by atoms with E-state index in [2.05, 4.69) is 11.6 Å². The summed E-state index contributed by atoms with van der Waals surface area (Å²) in [4.78, 5) is 11.9. The Hall–Kier alpha value is -0.620. The van der Waals surface area contributed by atoms with Gasteiger partial charge in [0.25, 0.3) is 0 Å². The average Bonchev–Trinajstić information content (AvgIpc) is 2.85. The molecule has 212 valence electrons. The Balaban J connectivity index is 2.03. The van der Waals surface area contributed by atoms with Gasteiger partial charge in [0, 0.05) is 13.5 Å². The molecule has 2 heterocycles. The van der Waals surface area contributed by atoms with Gasteiger partial charge >= 0.3 is 0 Å². The molecule has 4 unspecified atom stereocenters. The van der Waals surface area contributed by atoms with Crippen LogP contribution in [0.3, 0.4) is 0 Å². The van der Waals surface area contributed by atoms with E-state index in [1.54, 1.807) is 11.8 Å². The van der Waals surface area contributed by atoms with Crippen LogP contribution in [-0.4, -0.2) is 143 Å². The lowest BCUT2D eigenvalue weighted by atomic mass is 9.95. The molecule has 36 heavy (non-hydrogen) atoms. The van der Waals surface area contributed by atoms with Gasteiger partial charge < -0.3 is 59.6 Å². The molecule has 7 N–H and O–H groups in total. The number of aliphatic hydroxyl groups excluding tert-OH is 6. The van der Waals surface area contributed by atoms with Gasteiger partial charge in [0.2, 0.25) is 5.91 Å². The Kier molecular flexibility index (Phi) is 14.4. The number of unbranched alkanes of at least 4 members (excludes halogenated alkanes) is 2. The molecule has 14 heteroatoms. The van der Waals surface area contributed by atoms with E-state index in [1.165, 1.54) is 6.92 Å². The van der Waals surface area contributed by atoms with E-state index in [0.717, 1.165) is 25.0 Å². The number of aliphatic hydroxyl groups is 6. The zero-order valence-electron chi connectivity index (χ0n) is 20.7. The number of carbonyl (C=O) groups is 1. The molecule has 2 aliphatic rings. The summed E-state index contributed by atoms with van der Waals surface area (Å²) in [5.74, 6) is 0.618. The van der Waals surface area contributed by atoms with Gasteiger partial charge in [-0.25, -0.2) is 0 Å². The maximum Gasteiger partial charge on any atom is 0.217 e. The van der Waals surface area contributed by atoms with Crippen LogP contribution in [-0.2, 0) is 28.5 Å². The van der Waals surface area contributed by atoms with Crippen LogP contribution in [0.5, 0.6) is 0 Å². The zero-order valence-corrected chi connectivity index (χ0v) is 21.5. The van der Waals surface area contributed by atoms with E-state index < -0.39 is 80.5 Å². The summed E-state index contributed by atoms with van der Waals surface area (Å²) >= 11 is 1.80. The number of amides is 1. The minimum Gasteiger partial charge on any atom is -0.394 e. The third-order valence-corrected chi connectivity index (χ3v) is 6.71. The number of thioether (sulfide) groups is 1. The van der Waals surface area contributed by atoms with Crippen LogP contribution >= 0.6 is 11.8 Å². The fourth-order valence-corrected chi connectivity index (χ4v) is 4.54. The minimum atomic E-state index is -1.73. The molecule has 0 bridgehead atoms. The summed E-state index contributed by atoms with van der Waals surface area (Å²) in [6.45, 7) is 0.881. The Morgan fingerprint density at radius 3 is 2.17 bits per heavy atom. The number of hydrogen-bond acceptors (Lipinski definition) is 13. The molecule has 0 radical (unpaired) electrons. The fraction of sp³-hybridized carbons (Fsp3) is 0.955. The molecule has 0 spiro atoms. The normalized spacial score (nSPS) is 37.1. The molecule has 0 saturated carbocycles. The molecule has 0 aromatic heterocycles. The Morgan fingerprint density at radius 1 is 0.861 bits per heavy atom. The van der Waals surface area contributed by atoms with Crippen molar-refractivity contribution < 1.29 is 59.1 Å². The summed E-state index contributed by atoms with van der Waals surface area (Å²) in [6, 6.07) is -1.10. The van der Waals surface area contributed by atoms with Gasteiger partial charge in [-0.05, 0) is 24.9 Å². The second-order valence-electron chi connectivity index (χ2n) is 8.78. The van der Waals surface area contributed by atoms with Gasteiger partial charge in [0.15, 0.2) is 12.6 Å². The first-order valence-electron chi connectivity index (χ1n) is 12.1. The van der Waals surface area contributed by atoms with Crippen molar-refractivity contribution in [1.82, 2.24) is 5.32 Å². The van der Waals surface area contributed by atoms with Crippen molar-refractivity contribution >= 4 is 17.7 Å². The molecule has 2 rings (SSSR count). The van der Waals surface area contributed by atoms with Crippen molar-refractivity contribution in [2.75, 3.05) is 45.0 Å². The number of hydrogen-bond donors (Lipinski definition) is 7. The van der Waals surface area contributed by atoms with Crippen LogP contribution in [0, 0.1) is 0 Å². The lowest BCUT2D eigenvalue weighted by molar-refractivity contribution is -0.345. The second-order valence-corrected chi connectivity index (χ2v) is 9.76. The smallest absolute Gasteiger partial charge is 0.217 e. The third kappa shape index (κ3) is 8.99. The highest BCUT2D eigenvalue weighted by Gasteiger charge is 2.51. The summed E-state index contributed by atoms with van der Waals surface area (Å²) < 4.78 is 28.1. The van der Waals surface area contributed by atoms with E-state index in [-0.39, 0.29) is 13.2 Å². The van der Waals surface area contributed by atoms with Gasteiger partial charge in [0.05, 0.1) is 26.4 Å². The van der Waals surface area contributed by atoms with Gasteiger partial charge in [-0.3, -0.25) is 4.79 Å². The Morgan fingerprint density at radius 2 is 1.53 bits per heavy atom. The number of rotatable bonds is 15. The van der Waals surface area contributed by atoms with Crippen molar-refractivity contribution in [2.24, 2.45) is 0 Å². The van der Waals surface area contributed by atoms with E-state index in [1.807, 2.05) is 0 Å². The van der Waals surface area contributed by atoms with Crippen molar-refractivity contribution in [2.45, 2.75) is 87.5 Å². The summed E-state index contributed by atoms with van der Waals surface area (Å²) in [5, 5.41) is 62.9. The van der Waals surface area contributed by atoms with E-state index in [9.17, 15) is 35.4 Å². The molecule has 2 fully saturated rings. The molecule has 0 aromatic carbocycles. The zero-order chi connectivity index (χ0) is 26.7.